The van der Waals surface area contributed by atoms with Crippen LogP contribution in [0.3, 0.4) is 0 Å². The molecule has 1 N–H and O–H groups in total. The molecule has 1 amide bonds. The predicted molar refractivity (Wildman–Crippen MR) is 98.1 cm³/mol. The average molecular weight is 360 g/mol. The number of aliphatic carboxylic acids is 1. The Labute approximate surface area is 154 Å². The molecule has 2 aliphatic heterocycles. The van der Waals surface area contributed by atoms with E-state index in [1.165, 1.54) is 0 Å². The lowest BCUT2D eigenvalue weighted by molar-refractivity contribution is -0.145. The van der Waals surface area contributed by atoms with Crippen LogP contribution in [0.25, 0.3) is 0 Å². The standard InChI is InChI=1S/C20H28N2O4/c1-2-26-17-9-7-15(8-10-17)18-6-4-12-22(18)19(23)14-21-11-3-5-16(13-21)20(24)25/h7-10,16,18H,2-6,11-14H2,1H3,(H,24,25). The Bertz CT molecular complexity index is 631. The Kier molecular flexibility index (Phi) is 6.14. The number of nitrogens with zero attached hydrogens (tertiary/aromatic N) is 2. The molecule has 0 radical (unpaired) electrons. The van der Waals surface area contributed by atoms with Gasteiger partial charge < -0.3 is 14.7 Å². The molecule has 26 heavy (non-hydrogen) atoms. The number of carboxylic acids is 1. The lowest BCUT2D eigenvalue weighted by atomic mass is 9.98. The van der Waals surface area contributed by atoms with Crippen molar-refractivity contribution in [3.8, 4) is 5.75 Å². The molecule has 0 bridgehead atoms. The topological polar surface area (TPSA) is 70.1 Å². The third-order valence-electron chi connectivity index (χ3n) is 5.36. The minimum atomic E-state index is -0.754. The van der Waals surface area contributed by atoms with Gasteiger partial charge in [-0.3, -0.25) is 14.5 Å². The van der Waals surface area contributed by atoms with Crippen LogP contribution in [-0.2, 0) is 9.59 Å². The van der Waals surface area contributed by atoms with Gasteiger partial charge in [-0.2, -0.15) is 0 Å². The minimum Gasteiger partial charge on any atom is -0.494 e. The maximum Gasteiger partial charge on any atom is 0.307 e. The van der Waals surface area contributed by atoms with Gasteiger partial charge in [0.1, 0.15) is 5.75 Å². The molecule has 1 aromatic rings. The fourth-order valence-electron chi connectivity index (χ4n) is 4.05. The van der Waals surface area contributed by atoms with Gasteiger partial charge in [0.15, 0.2) is 0 Å². The van der Waals surface area contributed by atoms with Crippen LogP contribution in [0.15, 0.2) is 24.3 Å². The highest BCUT2D eigenvalue weighted by molar-refractivity contribution is 5.79. The summed E-state index contributed by atoms with van der Waals surface area (Å²) < 4.78 is 5.49. The van der Waals surface area contributed by atoms with E-state index in [2.05, 4.69) is 0 Å². The number of hydrogen-bond donors (Lipinski definition) is 1. The number of rotatable bonds is 6. The highest BCUT2D eigenvalue weighted by atomic mass is 16.5. The maximum absolute atomic E-state index is 12.9. The van der Waals surface area contributed by atoms with E-state index in [-0.39, 0.29) is 17.9 Å². The Hall–Kier alpha value is -2.08. The normalized spacial score (nSPS) is 23.8. The van der Waals surface area contributed by atoms with Crippen molar-refractivity contribution in [3.63, 3.8) is 0 Å². The number of ether oxygens (including phenoxy) is 1. The SMILES string of the molecule is CCOc1ccc(C2CCCN2C(=O)CN2CCCC(C(=O)O)C2)cc1. The van der Waals surface area contributed by atoms with Crippen LogP contribution in [0.4, 0.5) is 0 Å². The van der Waals surface area contributed by atoms with E-state index in [1.807, 2.05) is 41.0 Å². The summed E-state index contributed by atoms with van der Waals surface area (Å²) in [6, 6.07) is 8.12. The predicted octanol–water partition coefficient (Wildman–Crippen LogP) is 2.55. The average Bonchev–Trinajstić information content (AvgIpc) is 3.13. The highest BCUT2D eigenvalue weighted by Crippen LogP contribution is 2.33. The van der Waals surface area contributed by atoms with E-state index < -0.39 is 5.97 Å². The van der Waals surface area contributed by atoms with Crippen LogP contribution in [0.1, 0.15) is 44.2 Å². The zero-order valence-corrected chi connectivity index (χ0v) is 15.4. The zero-order valence-electron chi connectivity index (χ0n) is 15.4. The van der Waals surface area contributed by atoms with Crippen LogP contribution in [-0.4, -0.2) is 59.6 Å². The van der Waals surface area contributed by atoms with E-state index in [4.69, 9.17) is 4.74 Å². The first-order valence-corrected chi connectivity index (χ1v) is 9.56. The molecular formula is C20H28N2O4. The Morgan fingerprint density at radius 2 is 1.88 bits per heavy atom. The lowest BCUT2D eigenvalue weighted by Gasteiger charge is -2.33. The van der Waals surface area contributed by atoms with Crippen molar-refractivity contribution >= 4 is 11.9 Å². The number of piperidine rings is 1. The third kappa shape index (κ3) is 4.36. The smallest absolute Gasteiger partial charge is 0.307 e. The molecule has 2 heterocycles. The molecule has 2 atom stereocenters. The number of likely N-dealkylation sites (tertiary alicyclic amines) is 2. The zero-order chi connectivity index (χ0) is 18.5. The van der Waals surface area contributed by atoms with Crippen molar-refractivity contribution < 1.29 is 19.4 Å². The van der Waals surface area contributed by atoms with Crippen LogP contribution in [0.2, 0.25) is 0 Å². The first kappa shape index (κ1) is 18.7. The third-order valence-corrected chi connectivity index (χ3v) is 5.36. The van der Waals surface area contributed by atoms with E-state index in [0.717, 1.165) is 43.7 Å². The van der Waals surface area contributed by atoms with Crippen molar-refractivity contribution in [2.75, 3.05) is 32.8 Å². The number of carbonyl (C=O) groups excluding carboxylic acids is 1. The van der Waals surface area contributed by atoms with Crippen LogP contribution in [0, 0.1) is 5.92 Å². The van der Waals surface area contributed by atoms with Gasteiger partial charge in [0.2, 0.25) is 5.91 Å². The molecule has 142 valence electrons. The molecule has 0 aromatic heterocycles. The molecule has 2 aliphatic rings. The molecule has 2 saturated heterocycles. The summed E-state index contributed by atoms with van der Waals surface area (Å²) in [4.78, 5) is 28.0. The quantitative estimate of drug-likeness (QED) is 0.844. The summed E-state index contributed by atoms with van der Waals surface area (Å²) in [5.74, 6) is -0.153. The van der Waals surface area contributed by atoms with Crippen molar-refractivity contribution in [2.24, 2.45) is 5.92 Å². The Morgan fingerprint density at radius 3 is 2.58 bits per heavy atom. The Balaban J connectivity index is 1.62. The second-order valence-corrected chi connectivity index (χ2v) is 7.16. The summed E-state index contributed by atoms with van der Waals surface area (Å²) in [5, 5.41) is 9.22. The van der Waals surface area contributed by atoms with Crippen molar-refractivity contribution in [1.29, 1.82) is 0 Å². The lowest BCUT2D eigenvalue weighted by Crippen LogP contribution is -2.45. The van der Waals surface area contributed by atoms with Gasteiger partial charge in [-0.1, -0.05) is 12.1 Å². The Morgan fingerprint density at radius 1 is 1.15 bits per heavy atom. The molecule has 3 rings (SSSR count). The fraction of sp³-hybridized carbons (Fsp3) is 0.600. The molecule has 2 unspecified atom stereocenters. The van der Waals surface area contributed by atoms with Gasteiger partial charge in [-0.05, 0) is 56.8 Å². The highest BCUT2D eigenvalue weighted by Gasteiger charge is 2.32. The number of carboxylic acid groups (broad SMARTS) is 1. The van der Waals surface area contributed by atoms with Crippen molar-refractivity contribution in [1.82, 2.24) is 9.80 Å². The molecular weight excluding hydrogens is 332 g/mol. The van der Waals surface area contributed by atoms with E-state index in [9.17, 15) is 14.7 Å². The fourth-order valence-corrected chi connectivity index (χ4v) is 4.05. The van der Waals surface area contributed by atoms with Crippen LogP contribution >= 0.6 is 0 Å². The van der Waals surface area contributed by atoms with Crippen LogP contribution < -0.4 is 4.74 Å². The maximum atomic E-state index is 12.9. The molecule has 0 saturated carbocycles. The number of carbonyl (C=O) groups is 2. The van der Waals surface area contributed by atoms with Gasteiger partial charge in [-0.25, -0.2) is 0 Å². The molecule has 6 heteroatoms. The van der Waals surface area contributed by atoms with Gasteiger partial charge >= 0.3 is 5.97 Å². The molecule has 0 spiro atoms. The summed E-state index contributed by atoms with van der Waals surface area (Å²) in [7, 11) is 0. The number of benzene rings is 1. The van der Waals surface area contributed by atoms with Gasteiger partial charge in [0.05, 0.1) is 25.1 Å². The van der Waals surface area contributed by atoms with Gasteiger partial charge in [0.25, 0.3) is 0 Å². The molecule has 1 aromatic carbocycles. The minimum absolute atomic E-state index is 0.104. The monoisotopic (exact) mass is 360 g/mol. The van der Waals surface area contributed by atoms with E-state index in [1.54, 1.807) is 0 Å². The summed E-state index contributed by atoms with van der Waals surface area (Å²) in [5.41, 5.74) is 1.14. The van der Waals surface area contributed by atoms with Crippen molar-refractivity contribution in [3.05, 3.63) is 29.8 Å². The molecule has 6 nitrogen and oxygen atoms in total. The second-order valence-electron chi connectivity index (χ2n) is 7.16. The second kappa shape index (κ2) is 8.54. The van der Waals surface area contributed by atoms with E-state index in [0.29, 0.717) is 26.1 Å². The molecule has 2 fully saturated rings. The summed E-state index contributed by atoms with van der Waals surface area (Å²) in [6.07, 6.45) is 3.52. The number of hydrogen-bond acceptors (Lipinski definition) is 4. The number of amides is 1. The summed E-state index contributed by atoms with van der Waals surface area (Å²) >= 11 is 0. The first-order valence-electron chi connectivity index (χ1n) is 9.56. The first-order chi connectivity index (χ1) is 12.6. The van der Waals surface area contributed by atoms with E-state index >= 15 is 0 Å². The van der Waals surface area contributed by atoms with Crippen molar-refractivity contribution in [2.45, 2.75) is 38.6 Å². The summed E-state index contributed by atoms with van der Waals surface area (Å²) in [6.45, 7) is 4.96. The van der Waals surface area contributed by atoms with Gasteiger partial charge in [0, 0.05) is 13.1 Å². The largest absolute Gasteiger partial charge is 0.494 e. The van der Waals surface area contributed by atoms with Gasteiger partial charge in [-0.15, -0.1) is 0 Å². The molecule has 0 aliphatic carbocycles. The van der Waals surface area contributed by atoms with Crippen LogP contribution in [0.5, 0.6) is 5.75 Å².